The lowest BCUT2D eigenvalue weighted by Crippen LogP contribution is -2.60. The van der Waals surface area contributed by atoms with Crippen LogP contribution in [0.1, 0.15) is 71.6 Å². The molecule has 0 spiro atoms. The predicted octanol–water partition coefficient (Wildman–Crippen LogP) is 4.11. The quantitative estimate of drug-likeness (QED) is 0.598. The molecule has 0 aromatic carbocycles. The van der Waals surface area contributed by atoms with Gasteiger partial charge in [0.15, 0.2) is 11.6 Å². The molecule has 6 atom stereocenters. The maximum Gasteiger partial charge on any atom is 0.175 e. The first-order valence-corrected chi connectivity index (χ1v) is 13.9. The number of likely N-dealkylation sites (tertiary alicyclic amines) is 1. The van der Waals surface area contributed by atoms with Crippen molar-refractivity contribution in [2.45, 2.75) is 77.2 Å². The van der Waals surface area contributed by atoms with Gasteiger partial charge >= 0.3 is 0 Å². The summed E-state index contributed by atoms with van der Waals surface area (Å²) in [5.74, 6) is 0.582. The number of thioether (sulfide) groups is 1. The number of ketones is 3. The molecular formula is C26H35NO4S2. The van der Waals surface area contributed by atoms with E-state index in [0.29, 0.717) is 12.8 Å². The van der Waals surface area contributed by atoms with E-state index in [0.717, 1.165) is 61.5 Å². The summed E-state index contributed by atoms with van der Waals surface area (Å²) in [6.07, 6.45) is 8.48. The second kappa shape index (κ2) is 8.27. The van der Waals surface area contributed by atoms with E-state index < -0.39 is 11.0 Å². The van der Waals surface area contributed by atoms with Crippen LogP contribution in [0.25, 0.3) is 0 Å². The third kappa shape index (κ3) is 3.51. The molecule has 1 saturated heterocycles. The summed E-state index contributed by atoms with van der Waals surface area (Å²) >= 11 is 6.89. The maximum absolute atomic E-state index is 13.7. The van der Waals surface area contributed by atoms with Crippen molar-refractivity contribution in [3.8, 4) is 0 Å². The summed E-state index contributed by atoms with van der Waals surface area (Å²) in [6, 6.07) is 0. The molecule has 5 rings (SSSR count). The number of hydrogen-bond acceptors (Lipinski definition) is 6. The van der Waals surface area contributed by atoms with E-state index in [4.69, 9.17) is 12.2 Å². The molecule has 0 radical (unpaired) electrons. The van der Waals surface area contributed by atoms with Crippen LogP contribution in [0.3, 0.4) is 0 Å². The highest BCUT2D eigenvalue weighted by molar-refractivity contribution is 8.23. The van der Waals surface area contributed by atoms with Crippen LogP contribution in [0.5, 0.6) is 0 Å². The van der Waals surface area contributed by atoms with E-state index in [1.165, 1.54) is 11.8 Å². The Hall–Kier alpha value is -1.05. The van der Waals surface area contributed by atoms with Crippen molar-refractivity contribution in [3.05, 3.63) is 11.6 Å². The Bertz CT molecular complexity index is 941. The first-order chi connectivity index (χ1) is 15.6. The van der Waals surface area contributed by atoms with Gasteiger partial charge in [-0.05, 0) is 68.3 Å². The second-order valence-electron chi connectivity index (χ2n) is 11.5. The summed E-state index contributed by atoms with van der Waals surface area (Å²) in [6.45, 7) is 6.05. The molecule has 5 aliphatic rings. The SMILES string of the molecule is C[C@]12CCC(=O)C=C1CC[C@H]1[C@H]2C(=O)C[C@@]2(C)[C@@H]1CC[C@]2(O)C(=O)CSC(=S)N1CCCC1. The molecule has 0 amide bonds. The van der Waals surface area contributed by atoms with Crippen LogP contribution in [0.15, 0.2) is 11.6 Å². The molecule has 4 fully saturated rings. The number of rotatable bonds is 3. The van der Waals surface area contributed by atoms with E-state index in [2.05, 4.69) is 11.8 Å². The summed E-state index contributed by atoms with van der Waals surface area (Å²) in [4.78, 5) is 41.3. The summed E-state index contributed by atoms with van der Waals surface area (Å²) in [5, 5.41) is 11.8. The number of thiocarbonyl (C=S) groups is 1. The third-order valence-corrected chi connectivity index (χ3v) is 11.5. The molecule has 0 bridgehead atoms. The molecule has 0 unspecified atom stereocenters. The Kier molecular flexibility index (Phi) is 5.93. The van der Waals surface area contributed by atoms with Crippen molar-refractivity contribution in [2.75, 3.05) is 18.8 Å². The number of hydrogen-bond donors (Lipinski definition) is 1. The van der Waals surface area contributed by atoms with Gasteiger partial charge in [0, 0.05) is 37.3 Å². The lowest BCUT2D eigenvalue weighted by Gasteiger charge is -2.57. The van der Waals surface area contributed by atoms with Gasteiger partial charge in [-0.15, -0.1) is 0 Å². The molecule has 7 heteroatoms. The molecule has 5 nitrogen and oxygen atoms in total. The van der Waals surface area contributed by atoms with Crippen LogP contribution in [0, 0.1) is 28.6 Å². The zero-order valence-electron chi connectivity index (χ0n) is 19.7. The van der Waals surface area contributed by atoms with Crippen molar-refractivity contribution < 1.29 is 19.5 Å². The van der Waals surface area contributed by atoms with Crippen molar-refractivity contribution in [1.82, 2.24) is 4.90 Å². The van der Waals surface area contributed by atoms with E-state index in [1.807, 2.05) is 6.92 Å². The van der Waals surface area contributed by atoms with Crippen LogP contribution in [0.4, 0.5) is 0 Å². The van der Waals surface area contributed by atoms with Gasteiger partial charge in [0.1, 0.15) is 15.7 Å². The molecule has 0 aromatic heterocycles. The average Bonchev–Trinajstić information content (AvgIpc) is 3.39. The van der Waals surface area contributed by atoms with Gasteiger partial charge in [0.2, 0.25) is 0 Å². The standard InChI is InChI=1S/C26H35NO4S2/c1-24-9-7-17(28)13-16(24)5-6-18-19-8-10-26(31,25(19,2)14-20(29)22(18)24)21(30)15-33-23(32)27-11-3-4-12-27/h13,18-19,22,31H,3-12,14-15H2,1-2H3/t18-,19-,22+,24+,25+,26+/m1/s1. The Labute approximate surface area is 206 Å². The molecule has 1 aliphatic heterocycles. The lowest BCUT2D eigenvalue weighted by atomic mass is 9.46. The zero-order chi connectivity index (χ0) is 23.6. The van der Waals surface area contributed by atoms with E-state index in [-0.39, 0.29) is 52.7 Å². The smallest absolute Gasteiger partial charge is 0.175 e. The summed E-state index contributed by atoms with van der Waals surface area (Å²) < 4.78 is 0.746. The van der Waals surface area contributed by atoms with Gasteiger partial charge in [0.05, 0.1) is 5.75 Å². The van der Waals surface area contributed by atoms with Gasteiger partial charge in [-0.25, -0.2) is 0 Å². The molecule has 180 valence electrons. The Balaban J connectivity index is 1.36. The molecule has 3 saturated carbocycles. The van der Waals surface area contributed by atoms with Gasteiger partial charge in [-0.2, -0.15) is 0 Å². The van der Waals surface area contributed by atoms with Crippen molar-refractivity contribution >= 4 is 45.7 Å². The van der Waals surface area contributed by atoms with Crippen molar-refractivity contribution in [2.24, 2.45) is 28.6 Å². The van der Waals surface area contributed by atoms with E-state index >= 15 is 0 Å². The van der Waals surface area contributed by atoms with Crippen molar-refractivity contribution in [1.29, 1.82) is 0 Å². The minimum atomic E-state index is -1.47. The maximum atomic E-state index is 13.7. The number of allylic oxidation sites excluding steroid dienone is 1. The van der Waals surface area contributed by atoms with E-state index in [1.54, 1.807) is 6.08 Å². The fraction of sp³-hybridized carbons (Fsp3) is 0.769. The average molecular weight is 490 g/mol. The highest BCUT2D eigenvalue weighted by Crippen LogP contribution is 2.66. The minimum Gasteiger partial charge on any atom is -0.381 e. The van der Waals surface area contributed by atoms with Crippen LogP contribution < -0.4 is 0 Å². The van der Waals surface area contributed by atoms with Crippen LogP contribution in [0.2, 0.25) is 0 Å². The first kappa shape index (κ1) is 23.7. The number of nitrogens with zero attached hydrogens (tertiary/aromatic N) is 1. The predicted molar refractivity (Wildman–Crippen MR) is 133 cm³/mol. The topological polar surface area (TPSA) is 74.7 Å². The highest BCUT2D eigenvalue weighted by Gasteiger charge is 2.68. The monoisotopic (exact) mass is 489 g/mol. The molecule has 1 N–H and O–H groups in total. The minimum absolute atomic E-state index is 0.0988. The largest absolute Gasteiger partial charge is 0.381 e. The van der Waals surface area contributed by atoms with Crippen LogP contribution in [-0.2, 0) is 14.4 Å². The van der Waals surface area contributed by atoms with Crippen LogP contribution >= 0.6 is 24.0 Å². The molecule has 33 heavy (non-hydrogen) atoms. The number of Topliss-reactive ketones (excluding diaryl/α,β-unsaturated/α-hetero) is 2. The molecule has 4 aliphatic carbocycles. The fourth-order valence-electron chi connectivity index (χ4n) is 8.08. The van der Waals surface area contributed by atoms with Gasteiger partial charge in [0.25, 0.3) is 0 Å². The Morgan fingerprint density at radius 3 is 2.64 bits per heavy atom. The van der Waals surface area contributed by atoms with Crippen molar-refractivity contribution in [3.63, 3.8) is 0 Å². The molecule has 1 heterocycles. The highest BCUT2D eigenvalue weighted by atomic mass is 32.2. The number of carbonyl (C=O) groups is 3. The lowest BCUT2D eigenvalue weighted by molar-refractivity contribution is -0.167. The summed E-state index contributed by atoms with van der Waals surface area (Å²) in [5.41, 5.74) is -1.29. The van der Waals surface area contributed by atoms with Gasteiger partial charge < -0.3 is 10.0 Å². The van der Waals surface area contributed by atoms with Crippen LogP contribution in [-0.4, -0.2) is 56.1 Å². The first-order valence-electron chi connectivity index (χ1n) is 12.5. The van der Waals surface area contributed by atoms with Gasteiger partial charge in [-0.3, -0.25) is 14.4 Å². The third-order valence-electron chi connectivity index (χ3n) is 9.96. The number of fused-ring (bicyclic) bond motifs is 5. The summed E-state index contributed by atoms with van der Waals surface area (Å²) in [7, 11) is 0. The van der Waals surface area contributed by atoms with E-state index in [9.17, 15) is 19.5 Å². The Morgan fingerprint density at radius 2 is 1.91 bits per heavy atom. The zero-order valence-corrected chi connectivity index (χ0v) is 21.4. The normalized spacial score (nSPS) is 42.5. The number of carbonyl (C=O) groups excluding carboxylic acids is 3. The second-order valence-corrected chi connectivity index (χ2v) is 13.1. The fourth-order valence-corrected chi connectivity index (χ4v) is 9.30. The molecule has 0 aromatic rings. The van der Waals surface area contributed by atoms with Gasteiger partial charge in [-0.1, -0.05) is 43.4 Å². The Morgan fingerprint density at radius 1 is 1.18 bits per heavy atom. The number of aliphatic hydroxyl groups is 1. The molecular weight excluding hydrogens is 454 g/mol.